The summed E-state index contributed by atoms with van der Waals surface area (Å²) in [6.45, 7) is 3.73. The van der Waals surface area contributed by atoms with Gasteiger partial charge < -0.3 is 10.2 Å². The average Bonchev–Trinajstić information content (AvgIpc) is 3.33. The third-order valence-corrected chi connectivity index (χ3v) is 6.90. The van der Waals surface area contributed by atoms with Crippen LogP contribution in [-0.4, -0.2) is 35.1 Å². The minimum absolute atomic E-state index is 0.0255. The van der Waals surface area contributed by atoms with Crippen molar-refractivity contribution < 1.29 is 4.79 Å². The molecule has 2 aliphatic heterocycles. The Labute approximate surface area is 191 Å². The van der Waals surface area contributed by atoms with Crippen molar-refractivity contribution in [3.05, 3.63) is 80.8 Å². The number of thioether (sulfide) groups is 1. The van der Waals surface area contributed by atoms with Gasteiger partial charge in [0.15, 0.2) is 5.17 Å². The molecule has 0 aliphatic carbocycles. The fraction of sp³-hybridized carbons (Fsp3) is 0.304. The largest absolute Gasteiger partial charge is 0.353 e. The van der Waals surface area contributed by atoms with Gasteiger partial charge in [0.25, 0.3) is 0 Å². The van der Waals surface area contributed by atoms with E-state index in [0.717, 1.165) is 41.0 Å². The Morgan fingerprint density at radius 3 is 2.50 bits per heavy atom. The Morgan fingerprint density at radius 2 is 1.80 bits per heavy atom. The average molecular weight is 460 g/mol. The summed E-state index contributed by atoms with van der Waals surface area (Å²) in [6.07, 6.45) is 1.16. The maximum Gasteiger partial charge on any atom is 0.226 e. The predicted octanol–water partition coefficient (Wildman–Crippen LogP) is 5.47. The summed E-state index contributed by atoms with van der Waals surface area (Å²) in [4.78, 5) is 19.4. The zero-order valence-corrected chi connectivity index (χ0v) is 19.0. The van der Waals surface area contributed by atoms with Crippen molar-refractivity contribution in [1.82, 2.24) is 10.2 Å². The van der Waals surface area contributed by atoms with E-state index in [4.69, 9.17) is 23.2 Å². The van der Waals surface area contributed by atoms with E-state index in [-0.39, 0.29) is 17.9 Å². The molecule has 4 rings (SSSR count). The van der Waals surface area contributed by atoms with Crippen molar-refractivity contribution in [1.29, 1.82) is 0 Å². The van der Waals surface area contributed by atoms with Crippen LogP contribution in [0.3, 0.4) is 0 Å². The van der Waals surface area contributed by atoms with Crippen LogP contribution in [0.25, 0.3) is 0 Å². The molecule has 0 aromatic heterocycles. The highest BCUT2D eigenvalue weighted by molar-refractivity contribution is 8.16. The number of amides is 1. The van der Waals surface area contributed by atoms with Crippen LogP contribution >= 0.6 is 35.0 Å². The highest BCUT2D eigenvalue weighted by Crippen LogP contribution is 2.31. The van der Waals surface area contributed by atoms with Crippen LogP contribution in [0.5, 0.6) is 0 Å². The number of nitrogens with one attached hydrogen (secondary N) is 1. The molecule has 2 unspecified atom stereocenters. The Morgan fingerprint density at radius 1 is 1.13 bits per heavy atom. The number of amidine groups is 1. The van der Waals surface area contributed by atoms with Crippen LogP contribution in [-0.2, 0) is 11.2 Å². The lowest BCUT2D eigenvalue weighted by Gasteiger charge is -2.26. The minimum atomic E-state index is -0.0456. The number of aliphatic imine (C=N–C) groups is 1. The van der Waals surface area contributed by atoms with Gasteiger partial charge in [-0.25, -0.2) is 0 Å². The van der Waals surface area contributed by atoms with Crippen molar-refractivity contribution in [3.8, 4) is 0 Å². The third-order valence-electron chi connectivity index (χ3n) is 5.45. The molecule has 7 heteroatoms. The van der Waals surface area contributed by atoms with E-state index in [1.807, 2.05) is 53.9 Å². The molecule has 0 fully saturated rings. The van der Waals surface area contributed by atoms with Gasteiger partial charge >= 0.3 is 0 Å². The van der Waals surface area contributed by atoms with Crippen LogP contribution in [0.1, 0.15) is 30.4 Å². The number of hydrogen-bond donors (Lipinski definition) is 1. The molecule has 2 aromatic carbocycles. The number of hydrogen-bond acceptors (Lipinski definition) is 4. The van der Waals surface area contributed by atoms with Gasteiger partial charge in [0, 0.05) is 34.2 Å². The molecule has 2 aromatic rings. The minimum Gasteiger partial charge on any atom is -0.353 e. The van der Waals surface area contributed by atoms with Gasteiger partial charge in [-0.05, 0) is 54.1 Å². The SMILES string of the molecule is CC(NC(=O)CC1=CSC2=NCCN12)C(Cc1ccc(Cl)cc1)c1ccc(Cl)cc1. The molecule has 2 heterocycles. The highest BCUT2D eigenvalue weighted by Gasteiger charge is 2.28. The fourth-order valence-electron chi connectivity index (χ4n) is 3.85. The quantitative estimate of drug-likeness (QED) is 0.596. The molecule has 4 nitrogen and oxygen atoms in total. The van der Waals surface area contributed by atoms with Crippen LogP contribution in [0, 0.1) is 0 Å². The van der Waals surface area contributed by atoms with E-state index >= 15 is 0 Å². The van der Waals surface area contributed by atoms with E-state index in [1.54, 1.807) is 11.8 Å². The van der Waals surface area contributed by atoms with Crippen LogP contribution in [0.15, 0.2) is 64.6 Å². The number of benzene rings is 2. The van der Waals surface area contributed by atoms with Crippen molar-refractivity contribution in [3.63, 3.8) is 0 Å². The first kappa shape index (κ1) is 21.3. The van der Waals surface area contributed by atoms with Gasteiger partial charge in [-0.15, -0.1) is 0 Å². The van der Waals surface area contributed by atoms with Gasteiger partial charge in [0.2, 0.25) is 5.91 Å². The molecular formula is C23H23Cl2N3OS. The van der Waals surface area contributed by atoms with Gasteiger partial charge in [0.1, 0.15) is 0 Å². The summed E-state index contributed by atoms with van der Waals surface area (Å²) in [7, 11) is 0. The van der Waals surface area contributed by atoms with Crippen molar-refractivity contribution >= 4 is 46.0 Å². The molecular weight excluding hydrogens is 437 g/mol. The summed E-state index contributed by atoms with van der Waals surface area (Å²) in [6, 6.07) is 15.7. The molecule has 156 valence electrons. The number of fused-ring (bicyclic) bond motifs is 1. The first-order chi connectivity index (χ1) is 14.5. The van der Waals surface area contributed by atoms with E-state index in [2.05, 4.69) is 22.1 Å². The number of halogens is 2. The molecule has 0 bridgehead atoms. The second-order valence-corrected chi connectivity index (χ2v) is 9.27. The smallest absolute Gasteiger partial charge is 0.226 e. The van der Waals surface area contributed by atoms with E-state index in [9.17, 15) is 4.79 Å². The lowest BCUT2D eigenvalue weighted by Crippen LogP contribution is -2.38. The summed E-state index contributed by atoms with van der Waals surface area (Å²) >= 11 is 13.7. The highest BCUT2D eigenvalue weighted by atomic mass is 35.5. The molecule has 0 saturated carbocycles. The van der Waals surface area contributed by atoms with E-state index in [1.165, 1.54) is 5.56 Å². The lowest BCUT2D eigenvalue weighted by atomic mass is 9.86. The second kappa shape index (κ2) is 9.46. The first-order valence-corrected chi connectivity index (χ1v) is 11.6. The molecule has 1 amide bonds. The topological polar surface area (TPSA) is 44.7 Å². The zero-order valence-electron chi connectivity index (χ0n) is 16.6. The summed E-state index contributed by atoms with van der Waals surface area (Å²) in [5.74, 6) is 0.140. The number of carbonyl (C=O) groups is 1. The van der Waals surface area contributed by atoms with Crippen molar-refractivity contribution in [2.45, 2.75) is 31.7 Å². The normalized spacial score (nSPS) is 17.2. The predicted molar refractivity (Wildman–Crippen MR) is 126 cm³/mol. The molecule has 2 atom stereocenters. The lowest BCUT2D eigenvalue weighted by molar-refractivity contribution is -0.121. The van der Waals surface area contributed by atoms with Gasteiger partial charge in [-0.2, -0.15) is 0 Å². The van der Waals surface area contributed by atoms with Gasteiger partial charge in [-0.3, -0.25) is 9.79 Å². The Hall–Kier alpha value is -1.95. The number of nitrogens with zero attached hydrogens (tertiary/aromatic N) is 2. The molecule has 0 radical (unpaired) electrons. The van der Waals surface area contributed by atoms with Crippen LogP contribution < -0.4 is 5.32 Å². The Bertz CT molecular complexity index is 973. The Kier molecular flexibility index (Phi) is 6.71. The van der Waals surface area contributed by atoms with Crippen molar-refractivity contribution in [2.24, 2.45) is 4.99 Å². The summed E-state index contributed by atoms with van der Waals surface area (Å²) in [5.41, 5.74) is 3.35. The molecule has 0 saturated heterocycles. The van der Waals surface area contributed by atoms with Crippen LogP contribution in [0.4, 0.5) is 0 Å². The van der Waals surface area contributed by atoms with Gasteiger partial charge in [0.05, 0.1) is 13.0 Å². The molecule has 2 aliphatic rings. The summed E-state index contributed by atoms with van der Waals surface area (Å²) in [5, 5.41) is 7.68. The third kappa shape index (κ3) is 5.02. The second-order valence-electron chi connectivity index (χ2n) is 7.56. The number of rotatable bonds is 7. The van der Waals surface area contributed by atoms with Crippen molar-refractivity contribution in [2.75, 3.05) is 13.1 Å². The van der Waals surface area contributed by atoms with E-state index in [0.29, 0.717) is 11.4 Å². The molecule has 30 heavy (non-hydrogen) atoms. The monoisotopic (exact) mass is 459 g/mol. The summed E-state index contributed by atoms with van der Waals surface area (Å²) < 4.78 is 0. The standard InChI is InChI=1S/C23H23Cl2N3OS/c1-15(27-22(29)13-20-14-30-23-26-10-11-28(20)23)21(17-4-8-19(25)9-5-17)12-16-2-6-18(24)7-3-16/h2-9,14-15,21H,10-13H2,1H3,(H,27,29). The fourth-order valence-corrected chi connectivity index (χ4v) is 5.06. The Balaban J connectivity index is 1.46. The van der Waals surface area contributed by atoms with Crippen LogP contribution in [0.2, 0.25) is 10.0 Å². The number of carbonyl (C=O) groups excluding carboxylic acids is 1. The van der Waals surface area contributed by atoms with E-state index < -0.39 is 0 Å². The maximum absolute atomic E-state index is 12.8. The zero-order chi connectivity index (χ0) is 21.1. The molecule has 0 spiro atoms. The molecule has 1 N–H and O–H groups in total. The van der Waals surface area contributed by atoms with Gasteiger partial charge in [-0.1, -0.05) is 59.2 Å². The first-order valence-electron chi connectivity index (χ1n) is 9.96. The maximum atomic E-state index is 12.8.